The van der Waals surface area contributed by atoms with Gasteiger partial charge in [-0.1, -0.05) is 34.1 Å². The van der Waals surface area contributed by atoms with Gasteiger partial charge in [0.15, 0.2) is 0 Å². The van der Waals surface area contributed by atoms with Crippen molar-refractivity contribution < 1.29 is 9.13 Å². The first kappa shape index (κ1) is 13.6. The van der Waals surface area contributed by atoms with E-state index in [1.54, 1.807) is 6.07 Å². The van der Waals surface area contributed by atoms with Crippen LogP contribution in [0.2, 0.25) is 0 Å². The molecule has 0 amide bonds. The van der Waals surface area contributed by atoms with Crippen molar-refractivity contribution in [3.8, 4) is 5.75 Å². The van der Waals surface area contributed by atoms with Gasteiger partial charge in [0.25, 0.3) is 0 Å². The lowest BCUT2D eigenvalue weighted by Gasteiger charge is -2.30. The van der Waals surface area contributed by atoms with Crippen molar-refractivity contribution in [2.75, 3.05) is 0 Å². The van der Waals surface area contributed by atoms with E-state index in [0.29, 0.717) is 12.2 Å². The number of nitrogens with two attached hydrogens (primary N) is 1. The van der Waals surface area contributed by atoms with E-state index < -0.39 is 0 Å². The molecule has 4 heteroatoms. The fraction of sp³-hybridized carbons (Fsp3) is 0.250. The second kappa shape index (κ2) is 5.19. The molecule has 2 nitrogen and oxygen atoms in total. The highest BCUT2D eigenvalue weighted by atomic mass is 79.9. The molecule has 0 radical (unpaired) electrons. The molecule has 2 aromatic rings. The van der Waals surface area contributed by atoms with Crippen LogP contribution in [0.1, 0.15) is 35.3 Å². The molecule has 1 unspecified atom stereocenters. The molecule has 2 N–H and O–H groups in total. The van der Waals surface area contributed by atoms with Gasteiger partial charge in [0, 0.05) is 28.6 Å². The Balaban J connectivity index is 1.96. The monoisotopic (exact) mass is 335 g/mol. The Morgan fingerprint density at radius 3 is 2.80 bits per heavy atom. The molecule has 2 atom stereocenters. The van der Waals surface area contributed by atoms with E-state index in [0.717, 1.165) is 21.2 Å². The minimum absolute atomic E-state index is 0.131. The summed E-state index contributed by atoms with van der Waals surface area (Å²) in [5.74, 6) is 0.248. The first-order chi connectivity index (χ1) is 9.54. The summed E-state index contributed by atoms with van der Waals surface area (Å²) in [4.78, 5) is 0. The highest BCUT2D eigenvalue weighted by Crippen LogP contribution is 2.40. The summed E-state index contributed by atoms with van der Waals surface area (Å²) in [6.45, 7) is 2.03. The Labute approximate surface area is 125 Å². The number of benzene rings is 2. The number of halogens is 2. The van der Waals surface area contributed by atoms with E-state index in [1.807, 2.05) is 19.1 Å². The van der Waals surface area contributed by atoms with Crippen molar-refractivity contribution in [2.24, 2.45) is 5.73 Å². The van der Waals surface area contributed by atoms with E-state index in [-0.39, 0.29) is 18.0 Å². The molecule has 0 saturated carbocycles. The van der Waals surface area contributed by atoms with Crippen LogP contribution in [0.25, 0.3) is 0 Å². The average Bonchev–Trinajstić information content (AvgIpc) is 2.41. The summed E-state index contributed by atoms with van der Waals surface area (Å²) in [5, 5.41) is 0. The Morgan fingerprint density at radius 2 is 2.05 bits per heavy atom. The van der Waals surface area contributed by atoms with Gasteiger partial charge < -0.3 is 10.5 Å². The Hall–Kier alpha value is -1.39. The zero-order chi connectivity index (χ0) is 14.3. The molecule has 0 aromatic heterocycles. The minimum atomic E-state index is -0.302. The maximum absolute atomic E-state index is 13.3. The third-order valence-corrected chi connectivity index (χ3v) is 4.56. The maximum Gasteiger partial charge on any atom is 0.127 e. The van der Waals surface area contributed by atoms with Crippen molar-refractivity contribution in [1.82, 2.24) is 0 Å². The van der Waals surface area contributed by atoms with Gasteiger partial charge in [-0.05, 0) is 30.2 Å². The predicted molar refractivity (Wildman–Crippen MR) is 80.2 cm³/mol. The number of rotatable bonds is 1. The van der Waals surface area contributed by atoms with Crippen molar-refractivity contribution >= 4 is 15.9 Å². The molecule has 2 aromatic carbocycles. The molecule has 0 aliphatic carbocycles. The van der Waals surface area contributed by atoms with Gasteiger partial charge in [-0.3, -0.25) is 0 Å². The largest absolute Gasteiger partial charge is 0.485 e. The lowest BCUT2D eigenvalue weighted by atomic mass is 9.93. The van der Waals surface area contributed by atoms with Gasteiger partial charge >= 0.3 is 0 Å². The van der Waals surface area contributed by atoms with Gasteiger partial charge in [0.1, 0.15) is 17.7 Å². The minimum Gasteiger partial charge on any atom is -0.485 e. The lowest BCUT2D eigenvalue weighted by Crippen LogP contribution is -2.24. The van der Waals surface area contributed by atoms with Crippen LogP contribution < -0.4 is 10.5 Å². The molecule has 20 heavy (non-hydrogen) atoms. The van der Waals surface area contributed by atoms with Crippen LogP contribution in [0, 0.1) is 12.7 Å². The van der Waals surface area contributed by atoms with E-state index in [4.69, 9.17) is 10.5 Å². The summed E-state index contributed by atoms with van der Waals surface area (Å²) in [7, 11) is 0. The third-order valence-electron chi connectivity index (χ3n) is 3.67. The van der Waals surface area contributed by atoms with Gasteiger partial charge in [0.2, 0.25) is 0 Å². The summed E-state index contributed by atoms with van der Waals surface area (Å²) in [6.07, 6.45) is 0.561. The summed E-state index contributed by atoms with van der Waals surface area (Å²) in [6, 6.07) is 10.5. The summed E-state index contributed by atoms with van der Waals surface area (Å²) >= 11 is 3.49. The van der Waals surface area contributed by atoms with Crippen molar-refractivity contribution in [3.05, 3.63) is 63.4 Å². The average molecular weight is 336 g/mol. The van der Waals surface area contributed by atoms with Crippen LogP contribution in [-0.4, -0.2) is 0 Å². The zero-order valence-corrected chi connectivity index (χ0v) is 12.7. The quantitative estimate of drug-likeness (QED) is 0.837. The third kappa shape index (κ3) is 2.45. The molecule has 0 fully saturated rings. The molecule has 1 aliphatic heterocycles. The molecule has 0 bridgehead atoms. The number of fused-ring (bicyclic) bond motifs is 1. The number of hydrogen-bond acceptors (Lipinski definition) is 2. The molecular weight excluding hydrogens is 321 g/mol. The van der Waals surface area contributed by atoms with Crippen molar-refractivity contribution in [3.63, 3.8) is 0 Å². The van der Waals surface area contributed by atoms with E-state index in [1.165, 1.54) is 12.1 Å². The van der Waals surface area contributed by atoms with Gasteiger partial charge in [-0.2, -0.15) is 0 Å². The summed E-state index contributed by atoms with van der Waals surface area (Å²) in [5.41, 5.74) is 9.26. The first-order valence-electron chi connectivity index (χ1n) is 6.52. The summed E-state index contributed by atoms with van der Waals surface area (Å²) < 4.78 is 20.3. The first-order valence-corrected chi connectivity index (χ1v) is 7.31. The van der Waals surface area contributed by atoms with Crippen LogP contribution in [0.4, 0.5) is 4.39 Å². The van der Waals surface area contributed by atoms with Crippen LogP contribution in [0.15, 0.2) is 40.9 Å². The van der Waals surface area contributed by atoms with Gasteiger partial charge in [-0.15, -0.1) is 0 Å². The number of hydrogen-bond donors (Lipinski definition) is 1. The van der Waals surface area contributed by atoms with E-state index in [9.17, 15) is 4.39 Å². The van der Waals surface area contributed by atoms with Crippen LogP contribution in [-0.2, 0) is 0 Å². The van der Waals surface area contributed by atoms with E-state index >= 15 is 0 Å². The Kier molecular flexibility index (Phi) is 3.52. The fourth-order valence-electron chi connectivity index (χ4n) is 2.55. The standard InChI is InChI=1S/C16H15BrFNO/c1-9-6-10(2-5-13(9)17)15-8-14(19)12-4-3-11(18)7-16(12)20-15/h2-7,14-15H,8,19H2,1H3/t14-,15?/m1/s1. The normalized spacial score (nSPS) is 21.2. The van der Waals surface area contributed by atoms with Crippen LogP contribution in [0.5, 0.6) is 5.75 Å². The predicted octanol–water partition coefficient (Wildman–Crippen LogP) is 4.42. The highest BCUT2D eigenvalue weighted by molar-refractivity contribution is 9.10. The topological polar surface area (TPSA) is 35.2 Å². The van der Waals surface area contributed by atoms with Gasteiger partial charge in [0.05, 0.1) is 0 Å². The second-order valence-electron chi connectivity index (χ2n) is 5.14. The molecule has 0 saturated heterocycles. The highest BCUT2D eigenvalue weighted by Gasteiger charge is 2.27. The van der Waals surface area contributed by atoms with Crippen molar-refractivity contribution in [2.45, 2.75) is 25.5 Å². The molecule has 1 aliphatic rings. The maximum atomic E-state index is 13.3. The van der Waals surface area contributed by atoms with Crippen LogP contribution >= 0.6 is 15.9 Å². The number of ether oxygens (including phenoxy) is 1. The number of aryl methyl sites for hydroxylation is 1. The molecule has 3 rings (SSSR count). The Bertz CT molecular complexity index is 659. The SMILES string of the molecule is Cc1cc(C2C[C@@H](N)c3ccc(F)cc3O2)ccc1Br. The van der Waals surface area contributed by atoms with Crippen LogP contribution in [0.3, 0.4) is 0 Å². The second-order valence-corrected chi connectivity index (χ2v) is 5.99. The lowest BCUT2D eigenvalue weighted by molar-refractivity contribution is 0.160. The molecular formula is C16H15BrFNO. The van der Waals surface area contributed by atoms with Crippen molar-refractivity contribution in [1.29, 1.82) is 0 Å². The van der Waals surface area contributed by atoms with Gasteiger partial charge in [-0.25, -0.2) is 4.39 Å². The zero-order valence-electron chi connectivity index (χ0n) is 11.1. The fourth-order valence-corrected chi connectivity index (χ4v) is 2.79. The Morgan fingerprint density at radius 1 is 1.25 bits per heavy atom. The molecule has 1 heterocycles. The van der Waals surface area contributed by atoms with E-state index in [2.05, 4.69) is 22.0 Å². The molecule has 0 spiro atoms. The molecule has 104 valence electrons. The smallest absolute Gasteiger partial charge is 0.127 e.